The van der Waals surface area contributed by atoms with Crippen LogP contribution in [0.25, 0.3) is 0 Å². The summed E-state index contributed by atoms with van der Waals surface area (Å²) >= 11 is 0. The van der Waals surface area contributed by atoms with Crippen molar-refractivity contribution in [2.75, 3.05) is 0 Å². The quantitative estimate of drug-likeness (QED) is 0.370. The van der Waals surface area contributed by atoms with Gasteiger partial charge in [-0.2, -0.15) is 0 Å². The van der Waals surface area contributed by atoms with E-state index in [-0.39, 0.29) is 66.5 Å². The van der Waals surface area contributed by atoms with Gasteiger partial charge in [0.1, 0.15) is 0 Å². The summed E-state index contributed by atoms with van der Waals surface area (Å²) < 4.78 is 0. The van der Waals surface area contributed by atoms with Gasteiger partial charge in [0.05, 0.1) is 0 Å². The molecule has 0 bridgehead atoms. The van der Waals surface area contributed by atoms with E-state index in [1.165, 1.54) is 24.3 Å². The Balaban J connectivity index is -0.0000000716. The second-order valence-electron chi connectivity index (χ2n) is 14.2. The molecule has 0 spiro atoms. The van der Waals surface area contributed by atoms with Crippen molar-refractivity contribution >= 4 is 0 Å². The first-order valence-electron chi connectivity index (χ1n) is 16.2. The van der Waals surface area contributed by atoms with Crippen LogP contribution in [-0.2, 0) is 54.3 Å². The fraction of sp³-hybridized carbons (Fsp3) is 0.684. The van der Waals surface area contributed by atoms with Crippen LogP contribution in [-0.4, -0.2) is 46.8 Å². The van der Waals surface area contributed by atoms with Gasteiger partial charge in [-0.05, 0) is 49.7 Å². The SMILES string of the molecule is CC(C)(C)c1ccc([O-])c([O-])c1.CC(C)(C)c1ccc([O-])c([O-])c1.CC(C)O.CC(C)O.CC(C)[O-].CC(C)[O-].CC(C)[O-].CC(C)[O-].[Ti+4].[Ti+4]. The van der Waals surface area contributed by atoms with Crippen molar-refractivity contribution in [1.82, 2.24) is 0 Å². The summed E-state index contributed by atoms with van der Waals surface area (Å²) in [6, 6.07) is 8.93. The van der Waals surface area contributed by atoms with Crippen LogP contribution in [0.1, 0.15) is 136 Å². The Kier molecular flexibility index (Phi) is 50.4. The summed E-state index contributed by atoms with van der Waals surface area (Å²) in [6.45, 7) is 31.8. The number of benzene rings is 2. The second-order valence-corrected chi connectivity index (χ2v) is 14.2. The van der Waals surface area contributed by atoms with E-state index < -0.39 is 47.4 Å². The largest absolute Gasteiger partial charge is 4.00 e. The predicted molar refractivity (Wildman–Crippen MR) is 183 cm³/mol. The van der Waals surface area contributed by atoms with Crippen molar-refractivity contribution in [3.63, 3.8) is 0 Å². The number of aliphatic hydroxyl groups excluding tert-OH is 2. The summed E-state index contributed by atoms with van der Waals surface area (Å²) in [5.74, 6) is -1.68. The van der Waals surface area contributed by atoms with E-state index in [2.05, 4.69) is 0 Å². The van der Waals surface area contributed by atoms with Crippen LogP contribution in [0, 0.1) is 0 Å². The molecular weight excluding hydrogens is 712 g/mol. The summed E-state index contributed by atoms with van der Waals surface area (Å²) in [6.07, 6.45) is -2.00. The summed E-state index contributed by atoms with van der Waals surface area (Å²) in [5.41, 5.74) is 1.69. The minimum Gasteiger partial charge on any atom is -0.873 e. The number of hydrogen-bond donors (Lipinski definition) is 2. The molecule has 0 saturated carbocycles. The van der Waals surface area contributed by atoms with E-state index in [4.69, 9.17) is 10.2 Å². The van der Waals surface area contributed by atoms with Gasteiger partial charge in [-0.15, -0.1) is 47.4 Å². The number of hydrogen-bond acceptors (Lipinski definition) is 10. The molecule has 2 aromatic carbocycles. The Morgan fingerprint density at radius 3 is 0.640 bits per heavy atom. The molecule has 10 nitrogen and oxygen atoms in total. The Morgan fingerprint density at radius 1 is 0.400 bits per heavy atom. The average Bonchev–Trinajstić information content (AvgIpc) is 2.79. The maximum atomic E-state index is 11.0. The first-order chi connectivity index (χ1) is 21.2. The minimum absolute atomic E-state index is 0. The molecule has 2 rings (SSSR count). The molecule has 0 aliphatic heterocycles. The Morgan fingerprint density at radius 2 is 0.540 bits per heavy atom. The van der Waals surface area contributed by atoms with Gasteiger partial charge in [0.25, 0.3) is 0 Å². The zero-order valence-corrected chi connectivity index (χ0v) is 37.2. The van der Waals surface area contributed by atoms with Crippen LogP contribution >= 0.6 is 0 Å². The smallest absolute Gasteiger partial charge is 0.873 e. The molecule has 0 heterocycles. The van der Waals surface area contributed by atoms with Gasteiger partial charge in [-0.1, -0.05) is 133 Å². The Labute approximate surface area is 335 Å². The summed E-state index contributed by atoms with van der Waals surface area (Å²) in [5, 5.41) is 97.7. The number of aliphatic hydroxyl groups is 2. The summed E-state index contributed by atoms with van der Waals surface area (Å²) in [7, 11) is 0. The van der Waals surface area contributed by atoms with E-state index in [0.29, 0.717) is 0 Å². The van der Waals surface area contributed by atoms with Crippen molar-refractivity contribution in [1.29, 1.82) is 0 Å². The third kappa shape index (κ3) is 72.5. The van der Waals surface area contributed by atoms with E-state index >= 15 is 0 Å². The first kappa shape index (κ1) is 67.0. The molecule has 0 amide bonds. The van der Waals surface area contributed by atoms with Gasteiger partial charge in [0, 0.05) is 12.2 Å². The van der Waals surface area contributed by atoms with Crippen LogP contribution in [0.2, 0.25) is 0 Å². The predicted octanol–water partition coefficient (Wildman–Crippen LogP) is 2.05. The van der Waals surface area contributed by atoms with Gasteiger partial charge in [0.2, 0.25) is 0 Å². The molecule has 0 radical (unpaired) electrons. The second kappa shape index (κ2) is 37.6. The third-order valence-corrected chi connectivity index (χ3v) is 3.62. The molecule has 0 atom stereocenters. The average molecular weight is 781 g/mol. The molecule has 0 unspecified atom stereocenters. The van der Waals surface area contributed by atoms with Gasteiger partial charge < -0.3 is 51.1 Å². The molecule has 288 valence electrons. The molecule has 0 aromatic heterocycles. The molecule has 0 aliphatic carbocycles. The van der Waals surface area contributed by atoms with Gasteiger partial charge in [0.15, 0.2) is 0 Å². The molecular formula is C38H68O10Ti2. The zero-order valence-electron chi connectivity index (χ0n) is 34.1. The minimum atomic E-state index is -0.428. The van der Waals surface area contributed by atoms with Crippen molar-refractivity contribution < 1.29 is 94.5 Å². The maximum absolute atomic E-state index is 11.0. The first-order valence-corrected chi connectivity index (χ1v) is 16.2. The molecule has 12 heteroatoms. The van der Waals surface area contributed by atoms with E-state index in [9.17, 15) is 40.9 Å². The van der Waals surface area contributed by atoms with Crippen LogP contribution in [0.4, 0.5) is 0 Å². The molecule has 0 aliphatic rings. The molecule has 0 fully saturated rings. The Hall–Kier alpha value is -1.17. The van der Waals surface area contributed by atoms with Gasteiger partial charge in [-0.25, -0.2) is 0 Å². The molecule has 2 N–H and O–H groups in total. The number of rotatable bonds is 0. The van der Waals surface area contributed by atoms with E-state index in [1.54, 1.807) is 95.2 Å². The Bertz CT molecular complexity index is 860. The third-order valence-electron chi connectivity index (χ3n) is 3.62. The monoisotopic (exact) mass is 780 g/mol. The standard InChI is InChI=1S/2C10H14O2.2C3H8O.4C3H7O.2Ti/c2*1-10(2,3)7-4-5-8(11)9(12)6-7;6*1-3(2)4;;/h2*4-6,11-12H,1-3H3;2*3-4H,1-2H3;4*3H,1-2H3;;/q;;;;4*-1;2*+4/p-4. The summed E-state index contributed by atoms with van der Waals surface area (Å²) in [4.78, 5) is 0. The van der Waals surface area contributed by atoms with Crippen LogP contribution in [0.3, 0.4) is 0 Å². The van der Waals surface area contributed by atoms with E-state index in [1.807, 2.05) is 41.5 Å². The fourth-order valence-corrected chi connectivity index (χ4v) is 1.95. The van der Waals surface area contributed by atoms with Crippen LogP contribution in [0.15, 0.2) is 36.4 Å². The molecule has 50 heavy (non-hydrogen) atoms. The van der Waals surface area contributed by atoms with Crippen molar-refractivity contribution in [3.05, 3.63) is 47.5 Å². The van der Waals surface area contributed by atoms with E-state index in [0.717, 1.165) is 11.1 Å². The van der Waals surface area contributed by atoms with Crippen molar-refractivity contribution in [2.45, 2.75) is 172 Å². The van der Waals surface area contributed by atoms with Crippen LogP contribution < -0.4 is 40.9 Å². The van der Waals surface area contributed by atoms with Gasteiger partial charge >= 0.3 is 43.4 Å². The maximum Gasteiger partial charge on any atom is 4.00 e. The van der Waals surface area contributed by atoms with Crippen molar-refractivity contribution in [3.8, 4) is 23.0 Å². The molecule has 0 saturated heterocycles. The molecule has 2 aromatic rings. The van der Waals surface area contributed by atoms with Gasteiger partial charge in [-0.3, -0.25) is 0 Å². The normalized spacial score (nSPS) is 9.88. The van der Waals surface area contributed by atoms with Crippen molar-refractivity contribution in [2.24, 2.45) is 0 Å². The fourth-order valence-electron chi connectivity index (χ4n) is 1.95. The topological polar surface area (TPSA) is 225 Å². The van der Waals surface area contributed by atoms with Crippen LogP contribution in [0.5, 0.6) is 23.0 Å². The zero-order chi connectivity index (χ0) is 40.2.